The lowest BCUT2D eigenvalue weighted by Gasteiger charge is -2.18. The first-order valence-corrected chi connectivity index (χ1v) is 7.40. The minimum Gasteiger partial charge on any atom is -0.406 e. The highest BCUT2D eigenvalue weighted by molar-refractivity contribution is 5.43. The predicted octanol–water partition coefficient (Wildman–Crippen LogP) is 4.99. The number of ether oxygens (including phenoxy) is 1. The quantitative estimate of drug-likeness (QED) is 0.778. The minimum atomic E-state index is -4.78. The Morgan fingerprint density at radius 2 is 1.64 bits per heavy atom. The topological polar surface area (TPSA) is 21.3 Å². The first-order chi connectivity index (χ1) is 11.6. The third kappa shape index (κ3) is 4.07. The maximum absolute atomic E-state index is 13.2. The molecule has 0 aliphatic carbocycles. The van der Waals surface area contributed by atoms with Crippen molar-refractivity contribution in [3.63, 3.8) is 0 Å². The summed E-state index contributed by atoms with van der Waals surface area (Å²) in [6.07, 6.45) is -9.01. The molecule has 1 atom stereocenters. The molecule has 2 aromatic carbocycles. The lowest BCUT2D eigenvalue weighted by atomic mass is 9.94. The summed E-state index contributed by atoms with van der Waals surface area (Å²) in [4.78, 5) is 0. The Morgan fingerprint density at radius 3 is 2.24 bits per heavy atom. The normalized spacial score (nSPS) is 17.4. The van der Waals surface area contributed by atoms with Gasteiger partial charge in [-0.05, 0) is 41.3 Å². The molecule has 0 saturated heterocycles. The van der Waals surface area contributed by atoms with Gasteiger partial charge in [0, 0.05) is 12.6 Å². The van der Waals surface area contributed by atoms with Crippen LogP contribution in [0, 0.1) is 0 Å². The van der Waals surface area contributed by atoms with Crippen molar-refractivity contribution < 1.29 is 31.1 Å². The molecule has 0 spiro atoms. The van der Waals surface area contributed by atoms with E-state index in [1.165, 1.54) is 18.2 Å². The van der Waals surface area contributed by atoms with Crippen LogP contribution >= 0.6 is 0 Å². The summed E-state index contributed by atoms with van der Waals surface area (Å²) >= 11 is 0. The highest BCUT2D eigenvalue weighted by atomic mass is 19.4. The molecule has 1 heterocycles. The number of rotatable bonds is 3. The number of alkyl halides is 6. The summed E-state index contributed by atoms with van der Waals surface area (Å²) in [5, 5.41) is 3.02. The zero-order chi connectivity index (χ0) is 18.2. The molecule has 3 rings (SSSR count). The number of nitrogens with one attached hydrogen (secondary N) is 1. The molecule has 0 saturated carbocycles. The van der Waals surface area contributed by atoms with Crippen LogP contribution in [0.2, 0.25) is 0 Å². The number of fused-ring (bicyclic) bond motifs is 1. The van der Waals surface area contributed by atoms with E-state index < -0.39 is 24.1 Å². The van der Waals surface area contributed by atoms with Gasteiger partial charge in [0.25, 0.3) is 0 Å². The molecular formula is C17H13F6NO. The molecule has 25 heavy (non-hydrogen) atoms. The van der Waals surface area contributed by atoms with Crippen LogP contribution in [0.4, 0.5) is 26.3 Å². The van der Waals surface area contributed by atoms with Crippen LogP contribution in [0.1, 0.15) is 28.3 Å². The van der Waals surface area contributed by atoms with Gasteiger partial charge in [-0.25, -0.2) is 0 Å². The van der Waals surface area contributed by atoms with E-state index in [2.05, 4.69) is 10.1 Å². The molecule has 0 bridgehead atoms. The summed E-state index contributed by atoms with van der Waals surface area (Å²) in [6, 6.07) is 8.62. The molecule has 2 aromatic rings. The first-order valence-electron chi connectivity index (χ1n) is 7.40. The van der Waals surface area contributed by atoms with Crippen molar-refractivity contribution in [1.29, 1.82) is 0 Å². The molecule has 1 N–H and O–H groups in total. The fraction of sp³-hybridized carbons (Fsp3) is 0.294. The second-order valence-electron chi connectivity index (χ2n) is 5.71. The van der Waals surface area contributed by atoms with Gasteiger partial charge in [-0.2, -0.15) is 13.2 Å². The van der Waals surface area contributed by atoms with Gasteiger partial charge >= 0.3 is 12.5 Å². The highest BCUT2D eigenvalue weighted by Crippen LogP contribution is 2.40. The Kier molecular flexibility index (Phi) is 4.40. The number of hydrogen-bond donors (Lipinski definition) is 1. The van der Waals surface area contributed by atoms with E-state index >= 15 is 0 Å². The van der Waals surface area contributed by atoms with E-state index in [4.69, 9.17) is 0 Å². The Hall–Kier alpha value is -2.22. The zero-order valence-corrected chi connectivity index (χ0v) is 12.7. The molecule has 8 heteroatoms. The molecule has 1 aliphatic rings. The summed E-state index contributed by atoms with van der Waals surface area (Å²) in [5.41, 5.74) is 0.705. The van der Waals surface area contributed by atoms with Gasteiger partial charge < -0.3 is 10.1 Å². The van der Waals surface area contributed by atoms with Crippen molar-refractivity contribution in [1.82, 2.24) is 5.32 Å². The van der Waals surface area contributed by atoms with Gasteiger partial charge in [0.05, 0.1) is 5.56 Å². The van der Waals surface area contributed by atoms with Crippen molar-refractivity contribution in [2.45, 2.75) is 31.5 Å². The van der Waals surface area contributed by atoms with Gasteiger partial charge in [-0.1, -0.05) is 24.3 Å². The Morgan fingerprint density at radius 1 is 0.960 bits per heavy atom. The lowest BCUT2D eigenvalue weighted by molar-refractivity contribution is -0.274. The Balaban J connectivity index is 1.81. The van der Waals surface area contributed by atoms with Gasteiger partial charge in [-0.3, -0.25) is 0 Å². The predicted molar refractivity (Wildman–Crippen MR) is 77.9 cm³/mol. The summed E-state index contributed by atoms with van der Waals surface area (Å²) in [6.45, 7) is 0.319. The average molecular weight is 361 g/mol. The summed E-state index contributed by atoms with van der Waals surface area (Å²) in [7, 11) is 0. The van der Waals surface area contributed by atoms with Crippen LogP contribution in [0.15, 0.2) is 42.5 Å². The zero-order valence-electron chi connectivity index (χ0n) is 12.7. The van der Waals surface area contributed by atoms with Crippen molar-refractivity contribution in [2.75, 3.05) is 0 Å². The van der Waals surface area contributed by atoms with Crippen LogP contribution in [0.3, 0.4) is 0 Å². The van der Waals surface area contributed by atoms with Gasteiger partial charge in [-0.15, -0.1) is 13.2 Å². The lowest BCUT2D eigenvalue weighted by Crippen LogP contribution is -2.18. The molecule has 0 fully saturated rings. The highest BCUT2D eigenvalue weighted by Gasteiger charge is 2.38. The maximum Gasteiger partial charge on any atom is 0.573 e. The molecule has 0 radical (unpaired) electrons. The van der Waals surface area contributed by atoms with Crippen LogP contribution < -0.4 is 10.1 Å². The van der Waals surface area contributed by atoms with Crippen LogP contribution in [0.5, 0.6) is 5.75 Å². The standard InChI is InChI=1S/C17H13F6NO/c18-16(19,20)13-3-1-2-11-9-24-14(15(11)13)8-10-4-6-12(7-5-10)25-17(21,22)23/h1-7,14,24H,8-9H2. The van der Waals surface area contributed by atoms with Crippen LogP contribution in [0.25, 0.3) is 0 Å². The second-order valence-corrected chi connectivity index (χ2v) is 5.71. The molecule has 1 aliphatic heterocycles. The van der Waals surface area contributed by atoms with Gasteiger partial charge in [0.1, 0.15) is 5.75 Å². The van der Waals surface area contributed by atoms with E-state index in [1.54, 1.807) is 6.07 Å². The number of hydrogen-bond acceptors (Lipinski definition) is 2. The third-order valence-electron chi connectivity index (χ3n) is 3.99. The van der Waals surface area contributed by atoms with Gasteiger partial charge in [0.15, 0.2) is 0 Å². The van der Waals surface area contributed by atoms with Crippen molar-refractivity contribution in [2.24, 2.45) is 0 Å². The second kappa shape index (κ2) is 6.25. The summed E-state index contributed by atoms with van der Waals surface area (Å²) in [5.74, 6) is -0.369. The maximum atomic E-state index is 13.2. The average Bonchev–Trinajstić information content (AvgIpc) is 2.90. The van der Waals surface area contributed by atoms with Crippen molar-refractivity contribution in [3.05, 3.63) is 64.7 Å². The molecular weight excluding hydrogens is 348 g/mol. The summed E-state index contributed by atoms with van der Waals surface area (Å²) < 4.78 is 79.9. The monoisotopic (exact) mass is 361 g/mol. The van der Waals surface area contributed by atoms with E-state index in [1.807, 2.05) is 0 Å². The molecule has 134 valence electrons. The Labute approximate surface area is 139 Å². The fourth-order valence-corrected chi connectivity index (χ4v) is 3.00. The Bertz CT molecular complexity index is 751. The molecule has 2 nitrogen and oxygen atoms in total. The van der Waals surface area contributed by atoms with E-state index in [-0.39, 0.29) is 17.7 Å². The minimum absolute atomic E-state index is 0.200. The number of benzene rings is 2. The van der Waals surface area contributed by atoms with Crippen molar-refractivity contribution >= 4 is 0 Å². The van der Waals surface area contributed by atoms with Crippen LogP contribution in [-0.2, 0) is 19.1 Å². The van der Waals surface area contributed by atoms with E-state index in [9.17, 15) is 26.3 Å². The molecule has 0 aromatic heterocycles. The first kappa shape index (κ1) is 17.6. The van der Waals surface area contributed by atoms with E-state index in [0.29, 0.717) is 17.7 Å². The smallest absolute Gasteiger partial charge is 0.406 e. The van der Waals surface area contributed by atoms with Gasteiger partial charge in [0.2, 0.25) is 0 Å². The molecule has 1 unspecified atom stereocenters. The van der Waals surface area contributed by atoms with E-state index in [0.717, 1.165) is 18.2 Å². The third-order valence-corrected chi connectivity index (χ3v) is 3.99. The van der Waals surface area contributed by atoms with Crippen LogP contribution in [-0.4, -0.2) is 6.36 Å². The number of halogens is 6. The molecule has 0 amide bonds. The largest absolute Gasteiger partial charge is 0.573 e. The fourth-order valence-electron chi connectivity index (χ4n) is 3.00. The SMILES string of the molecule is FC(F)(F)Oc1ccc(CC2NCc3cccc(C(F)(F)F)c32)cc1. The van der Waals surface area contributed by atoms with Crippen molar-refractivity contribution in [3.8, 4) is 5.75 Å².